The molecule has 0 unspecified atom stereocenters. The Hall–Kier alpha value is -2.76. The average molecular weight is 269 g/mol. The molecule has 0 aliphatic carbocycles. The number of hydrogen-bond acceptors (Lipinski definition) is 4. The highest BCUT2D eigenvalue weighted by Crippen LogP contribution is 2.24. The van der Waals surface area contributed by atoms with E-state index in [0.29, 0.717) is 22.9 Å². The SMILES string of the molecule is Cc1cc(-n2nc(-c3ccccc3F)cc2N)ncn1. The Morgan fingerprint density at radius 1 is 1.15 bits per heavy atom. The molecule has 3 aromatic rings. The molecule has 1 aromatic carbocycles. The zero-order chi connectivity index (χ0) is 14.1. The monoisotopic (exact) mass is 269 g/mol. The third kappa shape index (κ3) is 2.11. The number of anilines is 1. The van der Waals surface area contributed by atoms with Crippen LogP contribution in [0.15, 0.2) is 42.7 Å². The number of nitrogens with two attached hydrogens (primary N) is 1. The minimum absolute atomic E-state index is 0.337. The van der Waals surface area contributed by atoms with Gasteiger partial charge in [-0.1, -0.05) is 12.1 Å². The molecule has 5 nitrogen and oxygen atoms in total. The molecule has 0 saturated heterocycles. The fraction of sp³-hybridized carbons (Fsp3) is 0.0714. The summed E-state index contributed by atoms with van der Waals surface area (Å²) in [5.41, 5.74) is 7.61. The molecule has 2 N–H and O–H groups in total. The van der Waals surface area contributed by atoms with Gasteiger partial charge in [0.05, 0.1) is 5.69 Å². The third-order valence-corrected chi connectivity index (χ3v) is 2.89. The minimum Gasteiger partial charge on any atom is -0.384 e. The second kappa shape index (κ2) is 4.73. The Bertz CT molecular complexity index is 766. The van der Waals surface area contributed by atoms with E-state index in [9.17, 15) is 4.39 Å². The summed E-state index contributed by atoms with van der Waals surface area (Å²) in [6.45, 7) is 1.85. The molecule has 0 atom stereocenters. The van der Waals surface area contributed by atoms with Crippen molar-refractivity contribution in [3.05, 3.63) is 54.2 Å². The summed E-state index contributed by atoms with van der Waals surface area (Å²) in [6.07, 6.45) is 1.44. The number of rotatable bonds is 2. The zero-order valence-electron chi connectivity index (χ0n) is 10.8. The number of benzene rings is 1. The molecule has 0 aliphatic rings. The lowest BCUT2D eigenvalue weighted by molar-refractivity contribution is 0.630. The Morgan fingerprint density at radius 2 is 1.95 bits per heavy atom. The van der Waals surface area contributed by atoms with Gasteiger partial charge >= 0.3 is 0 Å². The molecule has 0 bridgehead atoms. The number of aryl methyl sites for hydroxylation is 1. The van der Waals surface area contributed by atoms with E-state index in [1.54, 1.807) is 30.3 Å². The molecule has 2 aromatic heterocycles. The fourth-order valence-corrected chi connectivity index (χ4v) is 1.94. The van der Waals surface area contributed by atoms with Gasteiger partial charge in [-0.3, -0.25) is 0 Å². The number of nitrogen functional groups attached to an aromatic ring is 1. The lowest BCUT2D eigenvalue weighted by Crippen LogP contribution is -2.04. The van der Waals surface area contributed by atoms with Gasteiger partial charge in [-0.2, -0.15) is 9.78 Å². The normalized spacial score (nSPS) is 10.7. The molecule has 3 rings (SSSR count). The fourth-order valence-electron chi connectivity index (χ4n) is 1.94. The van der Waals surface area contributed by atoms with Crippen LogP contribution in [0.25, 0.3) is 17.1 Å². The van der Waals surface area contributed by atoms with Gasteiger partial charge in [-0.05, 0) is 19.1 Å². The third-order valence-electron chi connectivity index (χ3n) is 2.89. The van der Waals surface area contributed by atoms with Crippen molar-refractivity contribution in [2.45, 2.75) is 6.92 Å². The molecule has 20 heavy (non-hydrogen) atoms. The standard InChI is InChI=1S/C14H12FN5/c1-9-6-14(18-8-17-9)20-13(16)7-12(19-20)10-4-2-3-5-11(10)15/h2-8H,16H2,1H3. The quantitative estimate of drug-likeness (QED) is 0.775. The lowest BCUT2D eigenvalue weighted by atomic mass is 10.1. The Labute approximate surface area is 114 Å². The van der Waals surface area contributed by atoms with Crippen LogP contribution in [0.1, 0.15) is 5.69 Å². The van der Waals surface area contributed by atoms with Gasteiger partial charge in [0.2, 0.25) is 0 Å². The number of nitrogens with zero attached hydrogens (tertiary/aromatic N) is 4. The molecule has 0 fully saturated rings. The molecule has 6 heteroatoms. The van der Waals surface area contributed by atoms with E-state index >= 15 is 0 Å². The van der Waals surface area contributed by atoms with Crippen LogP contribution in [0.2, 0.25) is 0 Å². The number of halogens is 1. The van der Waals surface area contributed by atoms with E-state index in [-0.39, 0.29) is 5.82 Å². The van der Waals surface area contributed by atoms with Crippen LogP contribution >= 0.6 is 0 Å². The molecule has 0 aliphatic heterocycles. The van der Waals surface area contributed by atoms with Crippen LogP contribution < -0.4 is 5.73 Å². The van der Waals surface area contributed by atoms with E-state index in [1.165, 1.54) is 17.1 Å². The first-order chi connectivity index (χ1) is 9.65. The Balaban J connectivity index is 2.10. The first-order valence-electron chi connectivity index (χ1n) is 6.04. The van der Waals surface area contributed by atoms with Crippen molar-refractivity contribution in [2.75, 3.05) is 5.73 Å². The van der Waals surface area contributed by atoms with Crippen molar-refractivity contribution < 1.29 is 4.39 Å². The van der Waals surface area contributed by atoms with Crippen LogP contribution in [0.3, 0.4) is 0 Å². The van der Waals surface area contributed by atoms with E-state index in [4.69, 9.17) is 5.73 Å². The maximum Gasteiger partial charge on any atom is 0.159 e. The highest BCUT2D eigenvalue weighted by molar-refractivity contribution is 5.63. The van der Waals surface area contributed by atoms with E-state index in [0.717, 1.165) is 5.69 Å². The van der Waals surface area contributed by atoms with E-state index in [2.05, 4.69) is 15.1 Å². The Morgan fingerprint density at radius 3 is 2.70 bits per heavy atom. The van der Waals surface area contributed by atoms with E-state index < -0.39 is 0 Å². The van der Waals surface area contributed by atoms with Crippen molar-refractivity contribution in [3.63, 3.8) is 0 Å². The van der Waals surface area contributed by atoms with Crippen molar-refractivity contribution in [1.82, 2.24) is 19.7 Å². The van der Waals surface area contributed by atoms with Gasteiger partial charge in [-0.25, -0.2) is 14.4 Å². The molecular weight excluding hydrogens is 257 g/mol. The number of hydrogen-bond donors (Lipinski definition) is 1. The summed E-state index contributed by atoms with van der Waals surface area (Å²) >= 11 is 0. The first kappa shape index (κ1) is 12.3. The van der Waals surface area contributed by atoms with Crippen LogP contribution in [-0.2, 0) is 0 Å². The van der Waals surface area contributed by atoms with Gasteiger partial charge < -0.3 is 5.73 Å². The maximum atomic E-state index is 13.8. The van der Waals surface area contributed by atoms with Crippen molar-refractivity contribution >= 4 is 5.82 Å². The molecule has 0 spiro atoms. The Kier molecular flexibility index (Phi) is 2.90. The predicted octanol–water partition coefficient (Wildman–Crippen LogP) is 2.36. The molecule has 0 amide bonds. The number of aromatic nitrogens is 4. The second-order valence-electron chi connectivity index (χ2n) is 4.36. The summed E-state index contributed by atoms with van der Waals surface area (Å²) in [5, 5.41) is 4.31. The summed E-state index contributed by atoms with van der Waals surface area (Å²) in [5.74, 6) is 0.606. The van der Waals surface area contributed by atoms with Crippen LogP contribution in [0.5, 0.6) is 0 Å². The van der Waals surface area contributed by atoms with Gasteiger partial charge in [0.15, 0.2) is 5.82 Å². The van der Waals surface area contributed by atoms with Gasteiger partial charge in [0.1, 0.15) is 18.0 Å². The summed E-state index contributed by atoms with van der Waals surface area (Å²) in [6, 6.07) is 9.81. The predicted molar refractivity (Wildman–Crippen MR) is 73.7 cm³/mol. The zero-order valence-corrected chi connectivity index (χ0v) is 10.8. The van der Waals surface area contributed by atoms with Crippen molar-refractivity contribution in [2.24, 2.45) is 0 Å². The first-order valence-corrected chi connectivity index (χ1v) is 6.04. The van der Waals surface area contributed by atoms with Crippen molar-refractivity contribution in [3.8, 4) is 17.1 Å². The molecule has 2 heterocycles. The summed E-state index contributed by atoms with van der Waals surface area (Å²) in [4.78, 5) is 8.14. The molecular formula is C14H12FN5. The highest BCUT2D eigenvalue weighted by Gasteiger charge is 2.12. The summed E-state index contributed by atoms with van der Waals surface area (Å²) in [7, 11) is 0. The van der Waals surface area contributed by atoms with E-state index in [1.807, 2.05) is 6.92 Å². The second-order valence-corrected chi connectivity index (χ2v) is 4.36. The largest absolute Gasteiger partial charge is 0.384 e. The van der Waals surface area contributed by atoms with Crippen LogP contribution in [0.4, 0.5) is 10.2 Å². The van der Waals surface area contributed by atoms with Crippen LogP contribution in [-0.4, -0.2) is 19.7 Å². The topological polar surface area (TPSA) is 69.6 Å². The molecule has 0 radical (unpaired) electrons. The highest BCUT2D eigenvalue weighted by atomic mass is 19.1. The molecule has 0 saturated carbocycles. The molecule has 100 valence electrons. The van der Waals surface area contributed by atoms with Gasteiger partial charge in [-0.15, -0.1) is 0 Å². The van der Waals surface area contributed by atoms with Crippen LogP contribution in [0, 0.1) is 12.7 Å². The minimum atomic E-state index is -0.337. The van der Waals surface area contributed by atoms with Gasteiger partial charge in [0, 0.05) is 23.4 Å². The lowest BCUT2D eigenvalue weighted by Gasteiger charge is -2.02. The smallest absolute Gasteiger partial charge is 0.159 e. The van der Waals surface area contributed by atoms with Gasteiger partial charge in [0.25, 0.3) is 0 Å². The average Bonchev–Trinajstić information content (AvgIpc) is 2.81. The summed E-state index contributed by atoms with van der Waals surface area (Å²) < 4.78 is 15.2. The van der Waals surface area contributed by atoms with Crippen molar-refractivity contribution in [1.29, 1.82) is 0 Å². The maximum absolute atomic E-state index is 13.8.